The average molecular weight is 384 g/mol. The Labute approximate surface area is 160 Å². The highest BCUT2D eigenvalue weighted by molar-refractivity contribution is 5.91. The van der Waals surface area contributed by atoms with Crippen molar-refractivity contribution in [1.82, 2.24) is 14.9 Å². The smallest absolute Gasteiger partial charge is 0.328 e. The molecule has 28 heavy (non-hydrogen) atoms. The van der Waals surface area contributed by atoms with E-state index in [0.29, 0.717) is 18.4 Å². The number of nitrogens with zero attached hydrogens (tertiary/aromatic N) is 2. The average Bonchev–Trinajstić information content (AvgIpc) is 3.41. The standard InChI is InChI=1S/C20H21FN4O3/c1-19(2,3)25-11-13(16(26)24-18(25)28)10-23-17(27)20(4-5-20)14-6-12(9-22)7-15(21)8-14/h6-8,11H,4-5,10H2,1-3H3,(H,23,27)(H,24,26,28). The fourth-order valence-electron chi connectivity index (χ4n) is 3.18. The van der Waals surface area contributed by atoms with Crippen molar-refractivity contribution >= 4 is 5.91 Å². The first-order chi connectivity index (χ1) is 13.1. The fraction of sp³-hybridized carbons (Fsp3) is 0.400. The van der Waals surface area contributed by atoms with Gasteiger partial charge in [-0.2, -0.15) is 5.26 Å². The van der Waals surface area contributed by atoms with Crippen molar-refractivity contribution in [3.8, 4) is 6.07 Å². The first kappa shape index (κ1) is 19.5. The summed E-state index contributed by atoms with van der Waals surface area (Å²) >= 11 is 0. The predicted molar refractivity (Wildman–Crippen MR) is 100 cm³/mol. The minimum atomic E-state index is -0.890. The molecule has 1 amide bonds. The van der Waals surface area contributed by atoms with Crippen LogP contribution in [-0.4, -0.2) is 15.5 Å². The second-order valence-corrected chi connectivity index (χ2v) is 8.06. The molecular formula is C20H21FN4O3. The summed E-state index contributed by atoms with van der Waals surface area (Å²) in [6.45, 7) is 5.41. The van der Waals surface area contributed by atoms with Crippen LogP contribution in [0.25, 0.3) is 0 Å². The maximum atomic E-state index is 13.8. The van der Waals surface area contributed by atoms with Crippen LogP contribution in [0.1, 0.15) is 50.3 Å². The lowest BCUT2D eigenvalue weighted by molar-refractivity contribution is -0.123. The molecule has 2 aromatic rings. The van der Waals surface area contributed by atoms with Crippen LogP contribution in [0.15, 0.2) is 34.0 Å². The molecule has 3 rings (SSSR count). The lowest BCUT2D eigenvalue weighted by Crippen LogP contribution is -2.41. The molecule has 1 saturated carbocycles. The highest BCUT2D eigenvalue weighted by Gasteiger charge is 2.51. The molecule has 0 radical (unpaired) electrons. The number of halogens is 1. The number of benzene rings is 1. The number of rotatable bonds is 4. The molecule has 0 bridgehead atoms. The van der Waals surface area contributed by atoms with Crippen LogP contribution in [0.4, 0.5) is 4.39 Å². The Morgan fingerprint density at radius 1 is 1.32 bits per heavy atom. The summed E-state index contributed by atoms with van der Waals surface area (Å²) in [5, 5.41) is 11.7. The summed E-state index contributed by atoms with van der Waals surface area (Å²) < 4.78 is 15.2. The number of aromatic nitrogens is 2. The molecule has 1 aliphatic carbocycles. The molecule has 146 valence electrons. The van der Waals surface area contributed by atoms with Crippen molar-refractivity contribution in [2.24, 2.45) is 0 Å². The Bertz CT molecular complexity index is 1100. The number of hydrogen-bond acceptors (Lipinski definition) is 4. The molecule has 1 heterocycles. The molecule has 1 aromatic heterocycles. The molecule has 1 aliphatic rings. The SMILES string of the molecule is CC(C)(C)n1cc(CNC(=O)C2(c3cc(F)cc(C#N)c3)CC2)c(=O)[nH]c1=O. The number of amides is 1. The highest BCUT2D eigenvalue weighted by atomic mass is 19.1. The van der Waals surface area contributed by atoms with E-state index >= 15 is 0 Å². The second kappa shape index (κ2) is 6.75. The van der Waals surface area contributed by atoms with Gasteiger partial charge in [0.05, 0.1) is 22.6 Å². The predicted octanol–water partition coefficient (Wildman–Crippen LogP) is 1.65. The number of H-pyrrole nitrogens is 1. The van der Waals surface area contributed by atoms with E-state index in [2.05, 4.69) is 10.3 Å². The zero-order valence-corrected chi connectivity index (χ0v) is 15.9. The Kier molecular flexibility index (Phi) is 4.71. The van der Waals surface area contributed by atoms with Crippen molar-refractivity contribution in [2.75, 3.05) is 0 Å². The van der Waals surface area contributed by atoms with Gasteiger partial charge in [-0.1, -0.05) is 0 Å². The van der Waals surface area contributed by atoms with Crippen LogP contribution in [0.5, 0.6) is 0 Å². The van der Waals surface area contributed by atoms with Gasteiger partial charge in [-0.25, -0.2) is 9.18 Å². The Balaban J connectivity index is 1.84. The summed E-state index contributed by atoms with van der Waals surface area (Å²) in [5.41, 5.74) is -1.65. The van der Waals surface area contributed by atoms with Gasteiger partial charge in [0.2, 0.25) is 5.91 Å². The summed E-state index contributed by atoms with van der Waals surface area (Å²) in [6.07, 6.45) is 2.51. The zero-order valence-electron chi connectivity index (χ0n) is 15.9. The highest BCUT2D eigenvalue weighted by Crippen LogP contribution is 2.48. The van der Waals surface area contributed by atoms with Crippen LogP contribution < -0.4 is 16.6 Å². The quantitative estimate of drug-likeness (QED) is 0.836. The molecule has 7 nitrogen and oxygen atoms in total. The van der Waals surface area contributed by atoms with Gasteiger partial charge in [0.25, 0.3) is 5.56 Å². The molecule has 1 aromatic carbocycles. The second-order valence-electron chi connectivity index (χ2n) is 8.06. The van der Waals surface area contributed by atoms with Gasteiger partial charge in [0.1, 0.15) is 5.82 Å². The van der Waals surface area contributed by atoms with Crippen molar-refractivity contribution < 1.29 is 9.18 Å². The van der Waals surface area contributed by atoms with Crippen molar-refractivity contribution in [3.05, 3.63) is 67.7 Å². The van der Waals surface area contributed by atoms with Gasteiger partial charge >= 0.3 is 5.69 Å². The van der Waals surface area contributed by atoms with E-state index in [9.17, 15) is 18.8 Å². The summed E-state index contributed by atoms with van der Waals surface area (Å²) in [5.74, 6) is -0.906. The van der Waals surface area contributed by atoms with Gasteiger partial charge < -0.3 is 5.32 Å². The zero-order chi connectivity index (χ0) is 20.7. The molecule has 0 atom stereocenters. The first-order valence-corrected chi connectivity index (χ1v) is 8.92. The molecule has 8 heteroatoms. The molecule has 2 N–H and O–H groups in total. The Morgan fingerprint density at radius 3 is 2.57 bits per heavy atom. The van der Waals surface area contributed by atoms with Crippen LogP contribution in [0.3, 0.4) is 0 Å². The van der Waals surface area contributed by atoms with Gasteiger partial charge in [0, 0.05) is 18.3 Å². The van der Waals surface area contributed by atoms with E-state index in [0.717, 1.165) is 6.07 Å². The first-order valence-electron chi connectivity index (χ1n) is 8.92. The Morgan fingerprint density at radius 2 is 2.00 bits per heavy atom. The third-order valence-corrected chi connectivity index (χ3v) is 4.94. The number of carbonyl (C=O) groups is 1. The molecule has 1 fully saturated rings. The summed E-state index contributed by atoms with van der Waals surface area (Å²) in [7, 11) is 0. The molecular weight excluding hydrogens is 363 g/mol. The third-order valence-electron chi connectivity index (χ3n) is 4.94. The molecule has 0 aliphatic heterocycles. The monoisotopic (exact) mass is 384 g/mol. The number of nitriles is 1. The van der Waals surface area contributed by atoms with Gasteiger partial charge in [-0.3, -0.25) is 19.1 Å². The summed E-state index contributed by atoms with van der Waals surface area (Å²) in [4.78, 5) is 39.1. The number of aromatic amines is 1. The van der Waals surface area contributed by atoms with Gasteiger partial charge in [-0.05, 0) is 57.4 Å². The molecule has 0 spiro atoms. The summed E-state index contributed by atoms with van der Waals surface area (Å²) in [6, 6.07) is 5.79. The van der Waals surface area contributed by atoms with E-state index in [1.165, 1.54) is 22.9 Å². The number of hydrogen-bond donors (Lipinski definition) is 2. The number of carbonyl (C=O) groups excluding carboxylic acids is 1. The third kappa shape index (κ3) is 3.60. The normalized spacial score (nSPS) is 15.0. The van der Waals surface area contributed by atoms with Crippen LogP contribution in [0.2, 0.25) is 0 Å². The van der Waals surface area contributed by atoms with E-state index < -0.39 is 28.0 Å². The van der Waals surface area contributed by atoms with Crippen molar-refractivity contribution in [1.29, 1.82) is 5.26 Å². The van der Waals surface area contributed by atoms with E-state index in [4.69, 9.17) is 5.26 Å². The maximum absolute atomic E-state index is 13.8. The van der Waals surface area contributed by atoms with Crippen LogP contribution >= 0.6 is 0 Å². The molecule has 0 saturated heterocycles. The number of nitrogens with one attached hydrogen (secondary N) is 2. The maximum Gasteiger partial charge on any atom is 0.328 e. The topological polar surface area (TPSA) is 108 Å². The van der Waals surface area contributed by atoms with Gasteiger partial charge in [0.15, 0.2) is 0 Å². The van der Waals surface area contributed by atoms with E-state index in [-0.39, 0.29) is 23.6 Å². The largest absolute Gasteiger partial charge is 0.351 e. The van der Waals surface area contributed by atoms with Crippen molar-refractivity contribution in [3.63, 3.8) is 0 Å². The lowest BCUT2D eigenvalue weighted by Gasteiger charge is -2.22. The van der Waals surface area contributed by atoms with Gasteiger partial charge in [-0.15, -0.1) is 0 Å². The van der Waals surface area contributed by atoms with Crippen LogP contribution in [0, 0.1) is 17.1 Å². The minimum Gasteiger partial charge on any atom is -0.351 e. The molecule has 0 unspecified atom stereocenters. The van der Waals surface area contributed by atoms with E-state index in [1.54, 1.807) is 0 Å². The van der Waals surface area contributed by atoms with E-state index in [1.807, 2.05) is 26.8 Å². The minimum absolute atomic E-state index is 0.0628. The van der Waals surface area contributed by atoms with Crippen molar-refractivity contribution in [2.45, 2.75) is 51.1 Å². The Hall–Kier alpha value is -3.21. The van der Waals surface area contributed by atoms with Crippen LogP contribution in [-0.2, 0) is 22.3 Å². The lowest BCUT2D eigenvalue weighted by atomic mass is 9.93. The fourth-order valence-corrected chi connectivity index (χ4v) is 3.18.